The number of fused-ring (bicyclic) bond motifs is 2. The van der Waals surface area contributed by atoms with Crippen LogP contribution in [0.15, 0.2) is 128 Å². The summed E-state index contributed by atoms with van der Waals surface area (Å²) in [7, 11) is 0. The van der Waals surface area contributed by atoms with Gasteiger partial charge in [-0.05, 0) is 83.2 Å². The summed E-state index contributed by atoms with van der Waals surface area (Å²) in [5, 5.41) is 0. The Balaban J connectivity index is 0.000000184. The number of rotatable bonds is 4. The number of imidazole rings is 1. The summed E-state index contributed by atoms with van der Waals surface area (Å²) in [6.45, 7) is 2.85. The summed E-state index contributed by atoms with van der Waals surface area (Å²) in [6, 6.07) is 47.2. The van der Waals surface area contributed by atoms with E-state index in [1.165, 1.54) is 39.7 Å². The number of aromatic nitrogens is 3. The molecule has 0 saturated carbocycles. The van der Waals surface area contributed by atoms with Gasteiger partial charge >= 0.3 is 0 Å². The number of hydrogen-bond acceptors (Lipinski definition) is 2. The standard InChI is InChI=1S/C27H19N2.C17H20N.Ir/c1-3-8-19(9-4-1)22-16-17-25-23(18-22)15-14-20-12-7-13-24-26(20)29(25)27(28-24)21-10-5-2-6-11-21;1-13-12-18-16(14-8-6-5-7-9-14)10-15(13)11-17(2,3)4;/h1-10,12-13,16-18H,14-15H2;5-8,10,12H,11H2,1-4H3;/q2*-1;/i;1D3,11D2;. The first-order valence-corrected chi connectivity index (χ1v) is 16.0. The van der Waals surface area contributed by atoms with Crippen molar-refractivity contribution in [3.05, 3.63) is 162 Å². The molecule has 3 nitrogen and oxygen atoms in total. The van der Waals surface area contributed by atoms with Crippen LogP contribution >= 0.6 is 0 Å². The van der Waals surface area contributed by atoms with Gasteiger partial charge in [0.1, 0.15) is 0 Å². The van der Waals surface area contributed by atoms with Crippen molar-refractivity contribution in [1.82, 2.24) is 14.5 Å². The Morgan fingerprint density at radius 2 is 1.50 bits per heavy atom. The van der Waals surface area contributed by atoms with Crippen molar-refractivity contribution in [2.45, 2.75) is 46.8 Å². The fraction of sp³-hybridized carbons (Fsp3) is 0.182. The molecule has 1 aliphatic rings. The molecule has 5 aromatic carbocycles. The van der Waals surface area contributed by atoms with Crippen LogP contribution in [0.25, 0.3) is 50.5 Å². The van der Waals surface area contributed by atoms with Crippen LogP contribution < -0.4 is 0 Å². The smallest absolute Gasteiger partial charge is 0.0777 e. The molecule has 241 valence electrons. The Morgan fingerprint density at radius 3 is 2.21 bits per heavy atom. The monoisotopic (exact) mass is 807 g/mol. The van der Waals surface area contributed by atoms with Crippen LogP contribution in [0.1, 0.15) is 49.9 Å². The zero-order valence-electron chi connectivity index (χ0n) is 32.2. The first-order valence-electron chi connectivity index (χ1n) is 18.5. The van der Waals surface area contributed by atoms with E-state index in [-0.39, 0.29) is 31.2 Å². The number of aryl methyl sites for hydroxylation is 3. The largest absolute Gasteiger partial charge is 0.333 e. The van der Waals surface area contributed by atoms with E-state index < -0.39 is 18.6 Å². The van der Waals surface area contributed by atoms with Gasteiger partial charge in [0.05, 0.1) is 16.9 Å². The molecule has 0 spiro atoms. The molecule has 8 rings (SSSR count). The molecular formula is C44H39IrN3-2. The Bertz CT molecular complexity index is 2350. The van der Waals surface area contributed by atoms with Crippen LogP contribution in [0.3, 0.4) is 0 Å². The number of benzene rings is 5. The first kappa shape index (κ1) is 27.3. The second-order valence-electron chi connectivity index (χ2n) is 12.8. The van der Waals surface area contributed by atoms with E-state index in [1.807, 2.05) is 30.3 Å². The van der Waals surface area contributed by atoms with Gasteiger partial charge < -0.3 is 9.55 Å². The van der Waals surface area contributed by atoms with Crippen LogP contribution in [0, 0.1) is 24.4 Å². The summed E-state index contributed by atoms with van der Waals surface area (Å²) in [5.74, 6) is 0.962. The van der Waals surface area contributed by atoms with Crippen LogP contribution in [0.4, 0.5) is 0 Å². The van der Waals surface area contributed by atoms with E-state index in [2.05, 4.69) is 101 Å². The molecule has 1 radical (unpaired) electrons. The molecule has 0 bridgehead atoms. The predicted octanol–water partition coefficient (Wildman–Crippen LogP) is 10.7. The zero-order chi connectivity index (χ0) is 36.7. The molecular weight excluding hydrogens is 763 g/mol. The number of pyridine rings is 1. The van der Waals surface area contributed by atoms with E-state index >= 15 is 0 Å². The molecule has 7 aromatic rings. The molecule has 0 amide bonds. The van der Waals surface area contributed by atoms with E-state index in [1.54, 1.807) is 32.9 Å². The maximum Gasteiger partial charge on any atom is 0.0777 e. The number of nitrogens with zero attached hydrogens (tertiary/aromatic N) is 3. The molecule has 1 aliphatic heterocycles. The third-order valence-corrected chi connectivity index (χ3v) is 8.20. The van der Waals surface area contributed by atoms with Gasteiger partial charge in [0.2, 0.25) is 0 Å². The topological polar surface area (TPSA) is 30.7 Å². The fourth-order valence-corrected chi connectivity index (χ4v) is 6.09. The SMILES string of the molecule is [2H]C([2H])([2H])c1cnc(-c2[c-]cccc2)cc1C([2H])([2H])C(C)(C)C.[Ir].[c-]1ccccc1-c1nc2cccc3c2n1-c1ccc(-c2ccccc2)cc1CC3. The van der Waals surface area contributed by atoms with Crippen molar-refractivity contribution in [3.8, 4) is 39.5 Å². The molecule has 0 aliphatic carbocycles. The average Bonchev–Trinajstić information content (AvgIpc) is 3.46. The second-order valence-corrected chi connectivity index (χ2v) is 12.8. The third kappa shape index (κ3) is 7.11. The van der Waals surface area contributed by atoms with Crippen molar-refractivity contribution in [2.75, 3.05) is 0 Å². The van der Waals surface area contributed by atoms with Crippen LogP contribution in [-0.2, 0) is 39.3 Å². The Hall–Kier alpha value is -4.63. The van der Waals surface area contributed by atoms with Gasteiger partial charge in [-0.1, -0.05) is 80.9 Å². The van der Waals surface area contributed by atoms with Gasteiger partial charge in [-0.25, -0.2) is 0 Å². The van der Waals surface area contributed by atoms with E-state index in [9.17, 15) is 0 Å². The molecule has 48 heavy (non-hydrogen) atoms. The van der Waals surface area contributed by atoms with Gasteiger partial charge in [0.25, 0.3) is 0 Å². The van der Waals surface area contributed by atoms with E-state index in [4.69, 9.17) is 11.8 Å². The molecule has 0 fully saturated rings. The van der Waals surface area contributed by atoms with Gasteiger partial charge in [0.15, 0.2) is 0 Å². The quantitative estimate of drug-likeness (QED) is 0.166. The molecule has 0 saturated heterocycles. The average molecular weight is 807 g/mol. The summed E-state index contributed by atoms with van der Waals surface area (Å²) in [6.07, 6.45) is 1.49. The minimum absolute atomic E-state index is 0. The Labute approximate surface area is 305 Å². The summed E-state index contributed by atoms with van der Waals surface area (Å²) in [4.78, 5) is 9.22. The minimum Gasteiger partial charge on any atom is -0.333 e. The summed E-state index contributed by atoms with van der Waals surface area (Å²) in [5.41, 5.74) is 10.3. The molecule has 0 atom stereocenters. The molecule has 2 aromatic heterocycles. The molecule has 3 heterocycles. The van der Waals surface area contributed by atoms with Crippen molar-refractivity contribution in [3.63, 3.8) is 0 Å². The Kier molecular flexibility index (Phi) is 8.11. The molecule has 0 N–H and O–H groups in total. The minimum atomic E-state index is -2.42. The number of hydrogen-bond donors (Lipinski definition) is 0. The first-order chi connectivity index (χ1) is 24.8. The van der Waals surface area contributed by atoms with Crippen LogP contribution in [0.2, 0.25) is 0 Å². The van der Waals surface area contributed by atoms with Crippen LogP contribution in [0.5, 0.6) is 0 Å². The fourth-order valence-electron chi connectivity index (χ4n) is 6.09. The van der Waals surface area contributed by atoms with Crippen molar-refractivity contribution >= 4 is 11.0 Å². The zero-order valence-corrected chi connectivity index (χ0v) is 29.6. The van der Waals surface area contributed by atoms with Gasteiger partial charge in [-0.3, -0.25) is 4.98 Å². The summed E-state index contributed by atoms with van der Waals surface area (Å²) < 4.78 is 42.4. The maximum atomic E-state index is 8.48. The van der Waals surface area contributed by atoms with Gasteiger partial charge in [0, 0.05) is 38.8 Å². The Morgan fingerprint density at radius 1 is 0.771 bits per heavy atom. The van der Waals surface area contributed by atoms with Gasteiger partial charge in [-0.15, -0.1) is 71.8 Å². The van der Waals surface area contributed by atoms with E-state index in [0.29, 0.717) is 11.3 Å². The van der Waals surface area contributed by atoms with Crippen molar-refractivity contribution in [1.29, 1.82) is 0 Å². The third-order valence-electron chi connectivity index (χ3n) is 8.20. The molecule has 4 heteroatoms. The van der Waals surface area contributed by atoms with Crippen LogP contribution in [-0.4, -0.2) is 14.5 Å². The molecule has 0 unspecified atom stereocenters. The van der Waals surface area contributed by atoms with E-state index in [0.717, 1.165) is 29.7 Å². The summed E-state index contributed by atoms with van der Waals surface area (Å²) >= 11 is 0. The number of para-hydroxylation sites is 1. The second kappa shape index (κ2) is 14.2. The van der Waals surface area contributed by atoms with Gasteiger partial charge in [-0.2, -0.15) is 0 Å². The predicted molar refractivity (Wildman–Crippen MR) is 195 cm³/mol. The van der Waals surface area contributed by atoms with Crippen molar-refractivity contribution < 1.29 is 27.0 Å². The maximum absolute atomic E-state index is 8.48. The normalized spacial score (nSPS) is 14.0. The van der Waals surface area contributed by atoms with Crippen molar-refractivity contribution in [2.24, 2.45) is 5.41 Å².